The topological polar surface area (TPSA) is 48.5 Å². The third-order valence-corrected chi connectivity index (χ3v) is 4.47. The van der Waals surface area contributed by atoms with E-state index in [9.17, 15) is 4.79 Å². The summed E-state index contributed by atoms with van der Waals surface area (Å²) in [7, 11) is 0. The number of hydrogen-bond donors (Lipinski definition) is 1. The highest BCUT2D eigenvalue weighted by Gasteiger charge is 2.17. The van der Waals surface area contributed by atoms with Gasteiger partial charge in [-0.3, -0.25) is 14.7 Å². The van der Waals surface area contributed by atoms with Gasteiger partial charge in [0.25, 0.3) is 5.91 Å². The summed E-state index contributed by atoms with van der Waals surface area (Å²) in [5, 5.41) is 3.60. The lowest BCUT2D eigenvalue weighted by atomic mass is 10.2. The normalized spacial score (nSPS) is 15.3. The van der Waals surface area contributed by atoms with Crippen LogP contribution >= 0.6 is 11.6 Å². The third-order valence-electron chi connectivity index (χ3n) is 4.22. The molecule has 1 amide bonds. The molecule has 0 unspecified atom stereocenters. The van der Waals surface area contributed by atoms with Crippen LogP contribution in [0.2, 0.25) is 5.02 Å². The molecule has 1 aliphatic heterocycles. The molecule has 1 fully saturated rings. The van der Waals surface area contributed by atoms with E-state index in [-0.39, 0.29) is 5.91 Å². The van der Waals surface area contributed by atoms with Crippen molar-refractivity contribution in [2.24, 2.45) is 0 Å². The molecule has 1 saturated heterocycles. The molecular weight excluding hydrogens is 324 g/mol. The standard InChI is InChI=1S/C18H21ClN4O/c19-16-3-1-15(2-4-16)18(24)21-9-10-22-11-13-23(14-12-22)17-5-7-20-8-6-17/h1-8H,9-14H2,(H,21,24). The minimum atomic E-state index is -0.0536. The molecular formula is C18H21ClN4O. The molecule has 0 aliphatic carbocycles. The van der Waals surface area contributed by atoms with E-state index in [1.807, 2.05) is 24.5 Å². The lowest BCUT2D eigenvalue weighted by molar-refractivity contribution is 0.0948. The Bertz CT molecular complexity index is 654. The second kappa shape index (κ2) is 8.13. The molecule has 1 aliphatic rings. The molecule has 0 saturated carbocycles. The molecule has 0 spiro atoms. The molecule has 0 bridgehead atoms. The van der Waals surface area contributed by atoms with Gasteiger partial charge < -0.3 is 10.2 Å². The molecule has 24 heavy (non-hydrogen) atoms. The van der Waals surface area contributed by atoms with Gasteiger partial charge in [0, 0.05) is 67.9 Å². The second-order valence-electron chi connectivity index (χ2n) is 5.80. The summed E-state index contributed by atoms with van der Waals surface area (Å²) in [5.41, 5.74) is 1.86. The first-order chi connectivity index (χ1) is 11.7. The Kier molecular flexibility index (Phi) is 5.67. The number of aromatic nitrogens is 1. The van der Waals surface area contributed by atoms with Crippen molar-refractivity contribution in [2.45, 2.75) is 0 Å². The van der Waals surface area contributed by atoms with Gasteiger partial charge in [0.2, 0.25) is 0 Å². The van der Waals surface area contributed by atoms with Gasteiger partial charge in [-0.25, -0.2) is 0 Å². The Hall–Kier alpha value is -2.11. The van der Waals surface area contributed by atoms with Crippen molar-refractivity contribution in [1.82, 2.24) is 15.2 Å². The fraction of sp³-hybridized carbons (Fsp3) is 0.333. The maximum absolute atomic E-state index is 12.0. The number of nitrogens with one attached hydrogen (secondary N) is 1. The van der Waals surface area contributed by atoms with Crippen LogP contribution in [0, 0.1) is 0 Å². The third kappa shape index (κ3) is 4.46. The Morgan fingerprint density at radius 1 is 1.04 bits per heavy atom. The minimum absolute atomic E-state index is 0.0536. The summed E-state index contributed by atoms with van der Waals surface area (Å²) in [6.45, 7) is 5.50. The van der Waals surface area contributed by atoms with Gasteiger partial charge in [-0.1, -0.05) is 11.6 Å². The number of amides is 1. The zero-order valence-corrected chi connectivity index (χ0v) is 14.2. The van der Waals surface area contributed by atoms with E-state index in [4.69, 9.17) is 11.6 Å². The number of carbonyl (C=O) groups excluding carboxylic acids is 1. The summed E-state index contributed by atoms with van der Waals surface area (Å²) in [6, 6.07) is 11.0. The van der Waals surface area contributed by atoms with Crippen LogP contribution < -0.4 is 10.2 Å². The number of hydrogen-bond acceptors (Lipinski definition) is 4. The predicted molar refractivity (Wildman–Crippen MR) is 96.7 cm³/mol. The summed E-state index contributed by atoms with van der Waals surface area (Å²) >= 11 is 5.83. The van der Waals surface area contributed by atoms with Gasteiger partial charge in [-0.15, -0.1) is 0 Å². The predicted octanol–water partition coefficient (Wildman–Crippen LogP) is 2.29. The van der Waals surface area contributed by atoms with E-state index in [0.29, 0.717) is 17.1 Å². The van der Waals surface area contributed by atoms with Crippen LogP contribution in [-0.2, 0) is 0 Å². The fourth-order valence-electron chi connectivity index (χ4n) is 2.82. The fourth-order valence-corrected chi connectivity index (χ4v) is 2.94. The highest BCUT2D eigenvalue weighted by Crippen LogP contribution is 2.14. The molecule has 6 heteroatoms. The Balaban J connectivity index is 1.39. The van der Waals surface area contributed by atoms with Gasteiger partial charge in [0.15, 0.2) is 0 Å². The van der Waals surface area contributed by atoms with Crippen molar-refractivity contribution in [2.75, 3.05) is 44.2 Å². The molecule has 2 heterocycles. The number of anilines is 1. The number of nitrogens with zero attached hydrogens (tertiary/aromatic N) is 3. The molecule has 126 valence electrons. The van der Waals surface area contributed by atoms with E-state index in [2.05, 4.69) is 20.1 Å². The van der Waals surface area contributed by atoms with Crippen molar-refractivity contribution in [3.8, 4) is 0 Å². The summed E-state index contributed by atoms with van der Waals surface area (Å²) < 4.78 is 0. The lowest BCUT2D eigenvalue weighted by Gasteiger charge is -2.36. The Morgan fingerprint density at radius 2 is 1.71 bits per heavy atom. The average molecular weight is 345 g/mol. The lowest BCUT2D eigenvalue weighted by Crippen LogP contribution is -2.48. The smallest absolute Gasteiger partial charge is 0.251 e. The molecule has 1 N–H and O–H groups in total. The largest absolute Gasteiger partial charge is 0.369 e. The SMILES string of the molecule is O=C(NCCN1CCN(c2ccncc2)CC1)c1ccc(Cl)cc1. The van der Waals surface area contributed by atoms with Crippen molar-refractivity contribution < 1.29 is 4.79 Å². The minimum Gasteiger partial charge on any atom is -0.369 e. The molecule has 0 radical (unpaired) electrons. The second-order valence-corrected chi connectivity index (χ2v) is 6.23. The molecule has 2 aromatic rings. The van der Waals surface area contributed by atoms with Gasteiger partial charge in [-0.05, 0) is 36.4 Å². The molecule has 5 nitrogen and oxygen atoms in total. The van der Waals surface area contributed by atoms with Crippen molar-refractivity contribution in [3.63, 3.8) is 0 Å². The van der Waals surface area contributed by atoms with Gasteiger partial charge in [0.1, 0.15) is 0 Å². The highest BCUT2D eigenvalue weighted by atomic mass is 35.5. The van der Waals surface area contributed by atoms with E-state index in [0.717, 1.165) is 32.7 Å². The van der Waals surface area contributed by atoms with Gasteiger partial charge in [0.05, 0.1) is 0 Å². The van der Waals surface area contributed by atoms with E-state index in [1.54, 1.807) is 24.3 Å². The van der Waals surface area contributed by atoms with E-state index < -0.39 is 0 Å². The number of benzene rings is 1. The summed E-state index contributed by atoms with van der Waals surface area (Å²) in [5.74, 6) is -0.0536. The maximum atomic E-state index is 12.0. The first-order valence-corrected chi connectivity index (χ1v) is 8.51. The Morgan fingerprint density at radius 3 is 2.38 bits per heavy atom. The monoisotopic (exact) mass is 344 g/mol. The maximum Gasteiger partial charge on any atom is 0.251 e. The quantitative estimate of drug-likeness (QED) is 0.904. The highest BCUT2D eigenvalue weighted by molar-refractivity contribution is 6.30. The molecule has 1 aromatic carbocycles. The van der Waals surface area contributed by atoms with Crippen LogP contribution in [0.5, 0.6) is 0 Å². The van der Waals surface area contributed by atoms with Crippen molar-refractivity contribution in [1.29, 1.82) is 0 Å². The van der Waals surface area contributed by atoms with Crippen molar-refractivity contribution >= 4 is 23.2 Å². The van der Waals surface area contributed by atoms with Crippen molar-refractivity contribution in [3.05, 3.63) is 59.4 Å². The van der Waals surface area contributed by atoms with Crippen LogP contribution in [-0.4, -0.2) is 55.1 Å². The van der Waals surface area contributed by atoms with E-state index >= 15 is 0 Å². The van der Waals surface area contributed by atoms with Crippen LogP contribution in [0.15, 0.2) is 48.8 Å². The summed E-state index contributed by atoms with van der Waals surface area (Å²) in [6.07, 6.45) is 3.65. The first-order valence-electron chi connectivity index (χ1n) is 8.13. The number of pyridine rings is 1. The van der Waals surface area contributed by atoms with Crippen LogP contribution in [0.4, 0.5) is 5.69 Å². The molecule has 1 aromatic heterocycles. The van der Waals surface area contributed by atoms with Crippen LogP contribution in [0.25, 0.3) is 0 Å². The number of rotatable bonds is 5. The van der Waals surface area contributed by atoms with Crippen LogP contribution in [0.1, 0.15) is 10.4 Å². The summed E-state index contributed by atoms with van der Waals surface area (Å²) in [4.78, 5) is 20.8. The first kappa shape index (κ1) is 16.7. The van der Waals surface area contributed by atoms with Gasteiger partial charge >= 0.3 is 0 Å². The average Bonchev–Trinajstić information content (AvgIpc) is 2.63. The number of piperazine rings is 1. The number of halogens is 1. The zero-order chi connectivity index (χ0) is 16.8. The number of carbonyl (C=O) groups is 1. The Labute approximate surface area is 147 Å². The molecule has 0 atom stereocenters. The molecule has 3 rings (SSSR count). The van der Waals surface area contributed by atoms with E-state index in [1.165, 1.54) is 5.69 Å². The van der Waals surface area contributed by atoms with Gasteiger partial charge in [-0.2, -0.15) is 0 Å². The zero-order valence-electron chi connectivity index (χ0n) is 13.5. The van der Waals surface area contributed by atoms with Crippen LogP contribution in [0.3, 0.4) is 0 Å².